The zero-order valence-electron chi connectivity index (χ0n) is 8.78. The van der Waals surface area contributed by atoms with E-state index in [0.29, 0.717) is 6.04 Å². The van der Waals surface area contributed by atoms with Crippen LogP contribution in [0.1, 0.15) is 12.8 Å². The highest BCUT2D eigenvalue weighted by Crippen LogP contribution is 2.43. The van der Waals surface area contributed by atoms with Gasteiger partial charge in [0.15, 0.2) is 0 Å². The summed E-state index contributed by atoms with van der Waals surface area (Å²) in [7, 11) is 6.96. The van der Waals surface area contributed by atoms with Crippen LogP contribution in [0.3, 0.4) is 0 Å². The zero-order chi connectivity index (χ0) is 11.1. The summed E-state index contributed by atoms with van der Waals surface area (Å²) < 4.78 is 5.77. The van der Waals surface area contributed by atoms with Crippen LogP contribution in [0.5, 0.6) is 5.75 Å². The molecule has 1 aromatic rings. The Balaban J connectivity index is 2.05. The second-order valence-electron chi connectivity index (χ2n) is 4.15. The topological polar surface area (TPSA) is 12.5 Å². The van der Waals surface area contributed by atoms with Gasteiger partial charge in [0.25, 0.3) is 0 Å². The van der Waals surface area contributed by atoms with Gasteiger partial charge in [-0.3, -0.25) is 0 Å². The number of fused-ring (bicyclic) bond motifs is 3. The molecule has 3 rings (SSSR count). The second-order valence-corrected chi connectivity index (χ2v) is 5.24. The molecule has 0 amide bonds. The molecule has 1 aromatic carbocycles. The van der Waals surface area contributed by atoms with Crippen molar-refractivity contribution in [3.05, 3.63) is 30.5 Å². The predicted octanol–water partition coefficient (Wildman–Crippen LogP) is 3.81. The lowest BCUT2D eigenvalue weighted by Crippen LogP contribution is -2.36. The molecule has 0 bridgehead atoms. The number of ether oxygens (including phenoxy) is 1. The summed E-state index contributed by atoms with van der Waals surface area (Å²) in [6.45, 7) is 4.87. The van der Waals surface area contributed by atoms with Crippen molar-refractivity contribution in [2.45, 2.75) is 23.8 Å². The van der Waals surface area contributed by atoms with Crippen LogP contribution >= 0.6 is 21.7 Å². The standard InChI is InChI=1S/C12H12ClNOS/c1-8-2-3-9-7-15-12-6-10(16-13)4-5-11(12)14(8)9/h4-6,9H,1-3,7H2. The maximum Gasteiger partial charge on any atom is 0.144 e. The largest absolute Gasteiger partial charge is 0.489 e. The van der Waals surface area contributed by atoms with E-state index >= 15 is 0 Å². The summed E-state index contributed by atoms with van der Waals surface area (Å²) in [6, 6.07) is 6.56. The molecule has 1 saturated heterocycles. The van der Waals surface area contributed by atoms with Gasteiger partial charge in [-0.15, -0.1) is 0 Å². The molecular weight excluding hydrogens is 242 g/mol. The van der Waals surface area contributed by atoms with E-state index in [1.54, 1.807) is 0 Å². The van der Waals surface area contributed by atoms with Crippen molar-refractivity contribution in [3.8, 4) is 5.75 Å². The number of allylic oxidation sites excluding steroid dienone is 1. The Morgan fingerprint density at radius 2 is 2.38 bits per heavy atom. The smallest absolute Gasteiger partial charge is 0.144 e. The molecule has 2 aliphatic heterocycles. The van der Waals surface area contributed by atoms with Gasteiger partial charge in [-0.25, -0.2) is 0 Å². The van der Waals surface area contributed by atoms with Gasteiger partial charge in [-0.05, 0) is 52.7 Å². The van der Waals surface area contributed by atoms with Crippen LogP contribution in [0.4, 0.5) is 5.69 Å². The van der Waals surface area contributed by atoms with E-state index in [-0.39, 0.29) is 0 Å². The van der Waals surface area contributed by atoms with E-state index in [4.69, 9.17) is 15.4 Å². The third-order valence-corrected chi connectivity index (χ3v) is 4.15. The van der Waals surface area contributed by atoms with E-state index in [2.05, 4.69) is 17.5 Å². The average molecular weight is 254 g/mol. The Bertz CT molecular complexity index is 449. The fraction of sp³-hybridized carbons (Fsp3) is 0.333. The second kappa shape index (κ2) is 3.90. The van der Waals surface area contributed by atoms with Crippen molar-refractivity contribution in [1.82, 2.24) is 0 Å². The fourth-order valence-corrected chi connectivity index (χ4v) is 2.97. The summed E-state index contributed by atoms with van der Waals surface area (Å²) in [6.07, 6.45) is 2.21. The lowest BCUT2D eigenvalue weighted by Gasteiger charge is -2.34. The molecule has 2 nitrogen and oxygen atoms in total. The van der Waals surface area contributed by atoms with Crippen molar-refractivity contribution in [2.24, 2.45) is 0 Å². The first kappa shape index (κ1) is 10.4. The molecule has 0 N–H and O–H groups in total. The van der Waals surface area contributed by atoms with Gasteiger partial charge in [0, 0.05) is 10.6 Å². The molecule has 2 aliphatic rings. The molecule has 16 heavy (non-hydrogen) atoms. The maximum atomic E-state index is 5.77. The minimum Gasteiger partial charge on any atom is -0.489 e. The van der Waals surface area contributed by atoms with E-state index in [1.165, 1.54) is 16.7 Å². The molecule has 4 heteroatoms. The van der Waals surface area contributed by atoms with Gasteiger partial charge in [0.1, 0.15) is 12.4 Å². The molecule has 0 aliphatic carbocycles. The SMILES string of the molecule is C=C1CCC2COc3cc(SCl)ccc3N12. The van der Waals surface area contributed by atoms with E-state index in [0.717, 1.165) is 35.8 Å². The van der Waals surface area contributed by atoms with E-state index in [9.17, 15) is 0 Å². The molecule has 1 fully saturated rings. The predicted molar refractivity (Wildman–Crippen MR) is 68.3 cm³/mol. The highest BCUT2D eigenvalue weighted by Gasteiger charge is 2.33. The minimum atomic E-state index is 0.467. The van der Waals surface area contributed by atoms with Crippen molar-refractivity contribution >= 4 is 27.3 Å². The van der Waals surface area contributed by atoms with Gasteiger partial charge in [-0.1, -0.05) is 6.58 Å². The van der Waals surface area contributed by atoms with E-state index in [1.807, 2.05) is 12.1 Å². The summed E-state index contributed by atoms with van der Waals surface area (Å²) in [5.41, 5.74) is 2.33. The maximum absolute atomic E-state index is 5.77. The molecule has 2 heterocycles. The summed E-state index contributed by atoms with van der Waals surface area (Å²) >= 11 is 0. The Kier molecular flexibility index (Phi) is 2.52. The zero-order valence-corrected chi connectivity index (χ0v) is 10.4. The fourth-order valence-electron chi connectivity index (χ4n) is 2.41. The Labute approximate surface area is 104 Å². The summed E-state index contributed by atoms with van der Waals surface area (Å²) in [5, 5.41) is 0. The number of nitrogens with zero attached hydrogens (tertiary/aromatic N) is 1. The van der Waals surface area contributed by atoms with Crippen molar-refractivity contribution < 1.29 is 4.74 Å². The van der Waals surface area contributed by atoms with Crippen LogP contribution in [0.25, 0.3) is 0 Å². The Morgan fingerprint density at radius 3 is 3.19 bits per heavy atom. The van der Waals surface area contributed by atoms with Gasteiger partial charge >= 0.3 is 0 Å². The third kappa shape index (κ3) is 1.50. The molecule has 1 atom stereocenters. The van der Waals surface area contributed by atoms with Gasteiger partial charge in [-0.2, -0.15) is 0 Å². The monoisotopic (exact) mass is 253 g/mol. The molecule has 0 spiro atoms. The van der Waals surface area contributed by atoms with Crippen molar-refractivity contribution in [2.75, 3.05) is 11.5 Å². The first-order valence-electron chi connectivity index (χ1n) is 5.32. The quantitative estimate of drug-likeness (QED) is 0.755. The van der Waals surface area contributed by atoms with Crippen molar-refractivity contribution in [1.29, 1.82) is 0 Å². The summed E-state index contributed by atoms with van der Waals surface area (Å²) in [5.74, 6) is 0.921. The molecule has 0 radical (unpaired) electrons. The third-order valence-electron chi connectivity index (χ3n) is 3.18. The lowest BCUT2D eigenvalue weighted by atomic mass is 10.2. The van der Waals surface area contributed by atoms with Crippen LogP contribution in [-0.2, 0) is 0 Å². The molecular formula is C12H12ClNOS. The molecule has 0 aromatic heterocycles. The normalized spacial score (nSPS) is 22.7. The summed E-state index contributed by atoms with van der Waals surface area (Å²) in [4.78, 5) is 3.32. The minimum absolute atomic E-state index is 0.467. The van der Waals surface area contributed by atoms with Crippen molar-refractivity contribution in [3.63, 3.8) is 0 Å². The van der Waals surface area contributed by atoms with Crippen LogP contribution in [0.2, 0.25) is 0 Å². The highest BCUT2D eigenvalue weighted by atomic mass is 35.7. The van der Waals surface area contributed by atoms with Gasteiger partial charge in [0.2, 0.25) is 0 Å². The molecule has 84 valence electrons. The first-order chi connectivity index (χ1) is 7.79. The number of hydrogen-bond acceptors (Lipinski definition) is 3. The van der Waals surface area contributed by atoms with Crippen LogP contribution in [-0.4, -0.2) is 12.6 Å². The molecule has 0 saturated carbocycles. The van der Waals surface area contributed by atoms with Gasteiger partial charge in [0.05, 0.1) is 11.7 Å². The number of rotatable bonds is 1. The number of hydrogen-bond donors (Lipinski definition) is 0. The number of halogens is 1. The van der Waals surface area contributed by atoms with Crippen LogP contribution in [0.15, 0.2) is 35.4 Å². The first-order valence-corrected chi connectivity index (χ1v) is 6.96. The lowest BCUT2D eigenvalue weighted by molar-refractivity contribution is 0.273. The average Bonchev–Trinajstić information content (AvgIpc) is 2.70. The Hall–Kier alpha value is -0.800. The van der Waals surface area contributed by atoms with Gasteiger partial charge < -0.3 is 9.64 Å². The Morgan fingerprint density at radius 1 is 1.50 bits per heavy atom. The number of anilines is 1. The van der Waals surface area contributed by atoms with Crippen LogP contribution in [0, 0.1) is 0 Å². The van der Waals surface area contributed by atoms with E-state index < -0.39 is 0 Å². The molecule has 1 unspecified atom stereocenters. The number of benzene rings is 1. The van der Waals surface area contributed by atoms with Crippen LogP contribution < -0.4 is 9.64 Å². The highest BCUT2D eigenvalue weighted by molar-refractivity contribution is 8.21.